The lowest BCUT2D eigenvalue weighted by Crippen LogP contribution is -2.57. The molecular weight excluding hydrogens is 354 g/mol. The molecule has 1 unspecified atom stereocenters. The molecular formula is C22H33N3O3. The first-order valence-electron chi connectivity index (χ1n) is 10.6. The van der Waals surface area contributed by atoms with Gasteiger partial charge in [0.2, 0.25) is 11.8 Å². The summed E-state index contributed by atoms with van der Waals surface area (Å²) in [6.07, 6.45) is 7.41. The van der Waals surface area contributed by atoms with Gasteiger partial charge in [-0.1, -0.05) is 31.4 Å². The van der Waals surface area contributed by atoms with Gasteiger partial charge < -0.3 is 15.4 Å². The van der Waals surface area contributed by atoms with Crippen LogP contribution in [-0.4, -0.2) is 56.0 Å². The standard InChI is InChI=1S/C22H33N3O3/c1-28-19-9-7-17(8-10-19)11-12-23-21(26)15-20-22(27)24-13-14-25(20)16-18-5-3-2-4-6-18/h7-10,18,20H,2-6,11-16H2,1H3,(H,23,26)(H,24,27). The molecule has 154 valence electrons. The third kappa shape index (κ3) is 5.96. The zero-order chi connectivity index (χ0) is 19.8. The van der Waals surface area contributed by atoms with Gasteiger partial charge in [0.1, 0.15) is 5.75 Å². The summed E-state index contributed by atoms with van der Waals surface area (Å²) in [5, 5.41) is 5.90. The monoisotopic (exact) mass is 387 g/mol. The minimum Gasteiger partial charge on any atom is -0.497 e. The molecule has 1 saturated carbocycles. The van der Waals surface area contributed by atoms with Crippen molar-refractivity contribution >= 4 is 11.8 Å². The fourth-order valence-corrected chi connectivity index (χ4v) is 4.29. The van der Waals surface area contributed by atoms with Crippen molar-refractivity contribution in [3.8, 4) is 5.75 Å². The summed E-state index contributed by atoms with van der Waals surface area (Å²) >= 11 is 0. The average Bonchev–Trinajstić information content (AvgIpc) is 2.72. The van der Waals surface area contributed by atoms with Crippen LogP contribution in [-0.2, 0) is 16.0 Å². The minimum absolute atomic E-state index is 0.00707. The molecule has 28 heavy (non-hydrogen) atoms. The number of rotatable bonds is 8. The number of nitrogens with zero attached hydrogens (tertiary/aromatic N) is 1. The number of benzene rings is 1. The number of nitrogens with one attached hydrogen (secondary N) is 2. The molecule has 0 spiro atoms. The van der Waals surface area contributed by atoms with Crippen molar-refractivity contribution in [2.75, 3.05) is 33.3 Å². The van der Waals surface area contributed by atoms with Crippen LogP contribution >= 0.6 is 0 Å². The van der Waals surface area contributed by atoms with E-state index < -0.39 is 0 Å². The van der Waals surface area contributed by atoms with E-state index >= 15 is 0 Å². The van der Waals surface area contributed by atoms with Crippen LogP contribution in [0.1, 0.15) is 44.1 Å². The maximum Gasteiger partial charge on any atom is 0.237 e. The molecule has 1 heterocycles. The Morgan fingerprint density at radius 1 is 1.21 bits per heavy atom. The molecule has 1 aromatic rings. The highest BCUT2D eigenvalue weighted by atomic mass is 16.5. The second-order valence-electron chi connectivity index (χ2n) is 7.96. The quantitative estimate of drug-likeness (QED) is 0.717. The first kappa shape index (κ1) is 20.6. The van der Waals surface area contributed by atoms with Crippen molar-refractivity contribution in [2.24, 2.45) is 5.92 Å². The van der Waals surface area contributed by atoms with E-state index in [1.807, 2.05) is 24.3 Å². The molecule has 2 amide bonds. The summed E-state index contributed by atoms with van der Waals surface area (Å²) in [5.41, 5.74) is 1.15. The molecule has 1 saturated heterocycles. The Balaban J connectivity index is 1.46. The highest BCUT2D eigenvalue weighted by molar-refractivity contribution is 5.88. The van der Waals surface area contributed by atoms with Crippen LogP contribution in [0.2, 0.25) is 0 Å². The number of ether oxygens (including phenoxy) is 1. The zero-order valence-corrected chi connectivity index (χ0v) is 16.9. The number of methoxy groups -OCH3 is 1. The Morgan fingerprint density at radius 3 is 2.68 bits per heavy atom. The minimum atomic E-state index is -0.336. The van der Waals surface area contributed by atoms with Crippen LogP contribution in [0.25, 0.3) is 0 Å². The van der Waals surface area contributed by atoms with Gasteiger partial charge in [0.25, 0.3) is 0 Å². The third-order valence-electron chi connectivity index (χ3n) is 5.93. The van der Waals surface area contributed by atoms with E-state index in [2.05, 4.69) is 15.5 Å². The second kappa shape index (κ2) is 10.5. The molecule has 6 nitrogen and oxygen atoms in total. The Hall–Kier alpha value is -2.08. The number of hydrogen-bond donors (Lipinski definition) is 2. The van der Waals surface area contributed by atoms with E-state index in [4.69, 9.17) is 4.74 Å². The van der Waals surface area contributed by atoms with Crippen LogP contribution in [0.15, 0.2) is 24.3 Å². The van der Waals surface area contributed by atoms with Crippen LogP contribution in [0.3, 0.4) is 0 Å². The normalized spacial score (nSPS) is 21.2. The van der Waals surface area contributed by atoms with Crippen LogP contribution < -0.4 is 15.4 Å². The number of hydrogen-bond acceptors (Lipinski definition) is 4. The molecule has 1 aromatic carbocycles. The van der Waals surface area contributed by atoms with Gasteiger partial charge in [0.15, 0.2) is 0 Å². The lowest BCUT2D eigenvalue weighted by atomic mass is 9.88. The van der Waals surface area contributed by atoms with Crippen molar-refractivity contribution < 1.29 is 14.3 Å². The molecule has 2 fully saturated rings. The Bertz CT molecular complexity index is 641. The van der Waals surface area contributed by atoms with Crippen LogP contribution in [0, 0.1) is 5.92 Å². The summed E-state index contributed by atoms with van der Waals surface area (Å²) in [5.74, 6) is 1.44. The zero-order valence-electron chi connectivity index (χ0n) is 16.9. The van der Waals surface area contributed by atoms with Crippen LogP contribution in [0.5, 0.6) is 5.75 Å². The smallest absolute Gasteiger partial charge is 0.237 e. The lowest BCUT2D eigenvalue weighted by molar-refractivity contribution is -0.134. The maximum atomic E-state index is 12.4. The van der Waals surface area contributed by atoms with Gasteiger partial charge in [0.05, 0.1) is 19.6 Å². The molecule has 3 rings (SSSR count). The van der Waals surface area contributed by atoms with E-state index in [1.165, 1.54) is 32.1 Å². The van der Waals surface area contributed by atoms with E-state index in [9.17, 15) is 9.59 Å². The van der Waals surface area contributed by atoms with Gasteiger partial charge in [0, 0.05) is 26.2 Å². The van der Waals surface area contributed by atoms with Gasteiger partial charge in [-0.3, -0.25) is 14.5 Å². The van der Waals surface area contributed by atoms with E-state index in [0.29, 0.717) is 19.0 Å². The van der Waals surface area contributed by atoms with Crippen molar-refractivity contribution in [1.82, 2.24) is 15.5 Å². The first-order chi connectivity index (χ1) is 13.7. The van der Waals surface area contributed by atoms with E-state index in [1.54, 1.807) is 7.11 Å². The molecule has 6 heteroatoms. The maximum absolute atomic E-state index is 12.4. The summed E-state index contributed by atoms with van der Waals surface area (Å²) < 4.78 is 5.16. The lowest BCUT2D eigenvalue weighted by Gasteiger charge is -2.37. The topological polar surface area (TPSA) is 70.7 Å². The first-order valence-corrected chi connectivity index (χ1v) is 10.6. The van der Waals surface area contributed by atoms with E-state index in [-0.39, 0.29) is 24.3 Å². The van der Waals surface area contributed by atoms with Gasteiger partial charge in [-0.15, -0.1) is 0 Å². The third-order valence-corrected chi connectivity index (χ3v) is 5.93. The highest BCUT2D eigenvalue weighted by Gasteiger charge is 2.33. The highest BCUT2D eigenvalue weighted by Crippen LogP contribution is 2.25. The number of carbonyl (C=O) groups excluding carboxylic acids is 2. The van der Waals surface area contributed by atoms with Gasteiger partial charge >= 0.3 is 0 Å². The fraction of sp³-hybridized carbons (Fsp3) is 0.636. The summed E-state index contributed by atoms with van der Waals surface area (Å²) in [6, 6.07) is 7.52. The van der Waals surface area contributed by atoms with Crippen molar-refractivity contribution in [1.29, 1.82) is 0 Å². The Labute approximate surface area is 168 Å². The van der Waals surface area contributed by atoms with Crippen molar-refractivity contribution in [3.05, 3.63) is 29.8 Å². The average molecular weight is 388 g/mol. The number of amides is 2. The molecule has 2 aliphatic rings. The molecule has 0 radical (unpaired) electrons. The molecule has 1 aliphatic carbocycles. The number of piperazine rings is 1. The predicted octanol–water partition coefficient (Wildman–Crippen LogP) is 2.12. The number of carbonyl (C=O) groups is 2. The molecule has 1 atom stereocenters. The van der Waals surface area contributed by atoms with Gasteiger partial charge in [-0.05, 0) is 42.9 Å². The predicted molar refractivity (Wildman–Crippen MR) is 109 cm³/mol. The van der Waals surface area contributed by atoms with E-state index in [0.717, 1.165) is 30.8 Å². The summed E-state index contributed by atoms with van der Waals surface area (Å²) in [7, 11) is 1.65. The summed E-state index contributed by atoms with van der Waals surface area (Å²) in [6.45, 7) is 3.03. The van der Waals surface area contributed by atoms with Gasteiger partial charge in [-0.2, -0.15) is 0 Å². The van der Waals surface area contributed by atoms with Crippen LogP contribution in [0.4, 0.5) is 0 Å². The molecule has 0 aromatic heterocycles. The summed E-state index contributed by atoms with van der Waals surface area (Å²) in [4.78, 5) is 27.1. The SMILES string of the molecule is COc1ccc(CCNC(=O)CC2C(=O)NCCN2CC2CCCCC2)cc1. The van der Waals surface area contributed by atoms with Crippen molar-refractivity contribution in [3.63, 3.8) is 0 Å². The Morgan fingerprint density at radius 2 is 1.96 bits per heavy atom. The molecule has 1 aliphatic heterocycles. The largest absolute Gasteiger partial charge is 0.497 e. The van der Waals surface area contributed by atoms with Gasteiger partial charge in [-0.25, -0.2) is 0 Å². The fourth-order valence-electron chi connectivity index (χ4n) is 4.29. The molecule has 2 N–H and O–H groups in total. The Kier molecular flexibility index (Phi) is 7.71. The second-order valence-corrected chi connectivity index (χ2v) is 7.96. The van der Waals surface area contributed by atoms with Crippen molar-refractivity contribution in [2.45, 2.75) is 51.0 Å². The molecule has 0 bridgehead atoms.